The van der Waals surface area contributed by atoms with Crippen molar-refractivity contribution >= 4 is 27.8 Å². The number of nitrogens with zero attached hydrogens (tertiary/aromatic N) is 4. The van der Waals surface area contributed by atoms with Crippen LogP contribution in [0.4, 0.5) is 5.82 Å². The number of aryl methyl sites for hydroxylation is 2. The van der Waals surface area contributed by atoms with Gasteiger partial charge in [-0.15, -0.1) is 0 Å². The van der Waals surface area contributed by atoms with Crippen molar-refractivity contribution in [3.05, 3.63) is 71.8 Å². The summed E-state index contributed by atoms with van der Waals surface area (Å²) >= 11 is 0. The average Bonchev–Trinajstić information content (AvgIpc) is 3.09. The molecule has 0 spiro atoms. The lowest BCUT2D eigenvalue weighted by atomic mass is 10.0. The van der Waals surface area contributed by atoms with Crippen LogP contribution in [-0.2, 0) is 6.54 Å². The van der Waals surface area contributed by atoms with Crippen molar-refractivity contribution in [1.82, 2.24) is 19.9 Å². The van der Waals surface area contributed by atoms with Crippen molar-refractivity contribution < 1.29 is 9.47 Å². The van der Waals surface area contributed by atoms with E-state index in [1.54, 1.807) is 13.4 Å². The van der Waals surface area contributed by atoms with Gasteiger partial charge in [0.05, 0.1) is 24.7 Å². The van der Waals surface area contributed by atoms with Gasteiger partial charge in [-0.05, 0) is 60.9 Å². The van der Waals surface area contributed by atoms with E-state index >= 15 is 0 Å². The molecule has 2 aromatic heterocycles. The standard InChI is InChI=1S/C27H25N5O2/c1-16-4-7-21-25(26(16)33-3)28-15-29-27(21)32-10-11-34-24-9-6-18(12-20(24)14-32)19-5-8-22-23(13-19)31-17(2)30-22/h4-9,12-13,15H,10-11,14H2,1-3H3,(H,30,31). The lowest BCUT2D eigenvalue weighted by Gasteiger charge is -2.23. The van der Waals surface area contributed by atoms with Crippen molar-refractivity contribution in [2.24, 2.45) is 0 Å². The molecular formula is C27H25N5O2. The van der Waals surface area contributed by atoms with Crippen LogP contribution in [0, 0.1) is 13.8 Å². The number of aromatic amines is 1. The zero-order valence-electron chi connectivity index (χ0n) is 19.4. The number of methoxy groups -OCH3 is 1. The minimum Gasteiger partial charge on any atom is -0.494 e. The monoisotopic (exact) mass is 451 g/mol. The molecule has 3 heterocycles. The molecule has 0 amide bonds. The molecule has 34 heavy (non-hydrogen) atoms. The smallest absolute Gasteiger partial charge is 0.148 e. The normalized spacial score (nSPS) is 13.6. The molecule has 0 unspecified atom stereocenters. The van der Waals surface area contributed by atoms with Gasteiger partial charge in [0.15, 0.2) is 0 Å². The summed E-state index contributed by atoms with van der Waals surface area (Å²) in [7, 11) is 1.68. The first kappa shape index (κ1) is 20.5. The number of aromatic nitrogens is 4. The van der Waals surface area contributed by atoms with Crippen LogP contribution < -0.4 is 14.4 Å². The number of fused-ring (bicyclic) bond motifs is 3. The van der Waals surface area contributed by atoms with Crippen LogP contribution in [0.25, 0.3) is 33.1 Å². The second kappa shape index (κ2) is 8.02. The Balaban J connectivity index is 1.40. The molecule has 0 radical (unpaired) electrons. The summed E-state index contributed by atoms with van der Waals surface area (Å²) in [4.78, 5) is 19.3. The van der Waals surface area contributed by atoms with Crippen LogP contribution in [0.15, 0.2) is 54.9 Å². The zero-order chi connectivity index (χ0) is 23.2. The summed E-state index contributed by atoms with van der Waals surface area (Å²) in [6.07, 6.45) is 1.62. The predicted molar refractivity (Wildman–Crippen MR) is 134 cm³/mol. The maximum atomic E-state index is 6.11. The van der Waals surface area contributed by atoms with Gasteiger partial charge in [-0.3, -0.25) is 0 Å². The van der Waals surface area contributed by atoms with Gasteiger partial charge in [0.2, 0.25) is 0 Å². The molecule has 5 aromatic rings. The highest BCUT2D eigenvalue weighted by Crippen LogP contribution is 2.35. The first-order chi connectivity index (χ1) is 16.6. The van der Waals surface area contributed by atoms with Crippen molar-refractivity contribution in [3.8, 4) is 22.6 Å². The summed E-state index contributed by atoms with van der Waals surface area (Å²) in [5, 5.41) is 0.977. The Morgan fingerprint density at radius 2 is 1.85 bits per heavy atom. The molecule has 6 rings (SSSR count). The Labute approximate surface area is 197 Å². The van der Waals surface area contributed by atoms with E-state index in [2.05, 4.69) is 73.4 Å². The Bertz CT molecular complexity index is 1540. The van der Waals surface area contributed by atoms with E-state index in [1.807, 2.05) is 13.8 Å². The third-order valence-electron chi connectivity index (χ3n) is 6.41. The molecule has 0 aliphatic carbocycles. The average molecular weight is 452 g/mol. The predicted octanol–water partition coefficient (Wildman–Crippen LogP) is 5.20. The molecular weight excluding hydrogens is 426 g/mol. The lowest BCUT2D eigenvalue weighted by Crippen LogP contribution is -2.26. The van der Waals surface area contributed by atoms with Crippen molar-refractivity contribution in [2.75, 3.05) is 25.2 Å². The molecule has 0 bridgehead atoms. The molecule has 3 aromatic carbocycles. The summed E-state index contributed by atoms with van der Waals surface area (Å²) in [6.45, 7) is 6.00. The molecule has 1 aliphatic heterocycles. The second-order valence-electron chi connectivity index (χ2n) is 8.66. The molecule has 7 nitrogen and oxygen atoms in total. The van der Waals surface area contributed by atoms with Gasteiger partial charge in [0.25, 0.3) is 0 Å². The lowest BCUT2D eigenvalue weighted by molar-refractivity contribution is 0.331. The number of H-pyrrole nitrogens is 1. The molecule has 0 fully saturated rings. The van der Waals surface area contributed by atoms with Gasteiger partial charge < -0.3 is 19.4 Å². The van der Waals surface area contributed by atoms with Crippen LogP contribution >= 0.6 is 0 Å². The number of hydrogen-bond donors (Lipinski definition) is 1. The topological polar surface area (TPSA) is 76.2 Å². The van der Waals surface area contributed by atoms with E-state index < -0.39 is 0 Å². The van der Waals surface area contributed by atoms with Gasteiger partial charge in [0.1, 0.15) is 41.6 Å². The molecule has 170 valence electrons. The maximum Gasteiger partial charge on any atom is 0.148 e. The molecule has 0 atom stereocenters. The van der Waals surface area contributed by atoms with E-state index in [9.17, 15) is 0 Å². The van der Waals surface area contributed by atoms with E-state index in [1.165, 1.54) is 0 Å². The molecule has 0 saturated carbocycles. The highest BCUT2D eigenvalue weighted by atomic mass is 16.5. The van der Waals surface area contributed by atoms with Gasteiger partial charge in [-0.2, -0.15) is 0 Å². The van der Waals surface area contributed by atoms with Gasteiger partial charge in [0, 0.05) is 17.5 Å². The molecule has 1 aliphatic rings. The number of benzene rings is 3. The van der Waals surface area contributed by atoms with E-state index in [0.29, 0.717) is 13.2 Å². The number of rotatable bonds is 3. The third-order valence-corrected chi connectivity index (χ3v) is 6.41. The number of hydrogen-bond acceptors (Lipinski definition) is 6. The highest BCUT2D eigenvalue weighted by molar-refractivity contribution is 5.94. The Morgan fingerprint density at radius 3 is 2.74 bits per heavy atom. The number of ether oxygens (including phenoxy) is 2. The van der Waals surface area contributed by atoms with E-state index in [0.717, 1.165) is 73.9 Å². The van der Waals surface area contributed by atoms with Crippen LogP contribution in [0.3, 0.4) is 0 Å². The fourth-order valence-electron chi connectivity index (χ4n) is 4.77. The summed E-state index contributed by atoms with van der Waals surface area (Å²) in [5.41, 5.74) is 7.31. The molecule has 0 saturated heterocycles. The first-order valence-electron chi connectivity index (χ1n) is 11.4. The Morgan fingerprint density at radius 1 is 1.00 bits per heavy atom. The Hall–Kier alpha value is -4.13. The van der Waals surface area contributed by atoms with Gasteiger partial charge in [-0.1, -0.05) is 18.2 Å². The highest BCUT2D eigenvalue weighted by Gasteiger charge is 2.21. The maximum absolute atomic E-state index is 6.11. The van der Waals surface area contributed by atoms with Crippen molar-refractivity contribution in [3.63, 3.8) is 0 Å². The Kier molecular flexibility index (Phi) is 4.83. The van der Waals surface area contributed by atoms with Crippen LogP contribution in [0.2, 0.25) is 0 Å². The van der Waals surface area contributed by atoms with E-state index in [-0.39, 0.29) is 0 Å². The van der Waals surface area contributed by atoms with Crippen molar-refractivity contribution in [2.45, 2.75) is 20.4 Å². The van der Waals surface area contributed by atoms with Gasteiger partial charge >= 0.3 is 0 Å². The van der Waals surface area contributed by atoms with Crippen LogP contribution in [-0.4, -0.2) is 40.2 Å². The third kappa shape index (κ3) is 3.41. The number of imidazole rings is 1. The fourth-order valence-corrected chi connectivity index (χ4v) is 4.77. The van der Waals surface area contributed by atoms with Crippen LogP contribution in [0.5, 0.6) is 11.5 Å². The molecule has 1 N–H and O–H groups in total. The zero-order valence-corrected chi connectivity index (χ0v) is 19.4. The SMILES string of the molecule is COc1c(C)ccc2c(N3CCOc4ccc(-c5ccc6nc(C)[nH]c6c5)cc4C3)ncnc12. The number of nitrogens with one attached hydrogen (secondary N) is 1. The number of anilines is 1. The summed E-state index contributed by atoms with van der Waals surface area (Å²) < 4.78 is 11.8. The summed E-state index contributed by atoms with van der Waals surface area (Å²) in [5.74, 6) is 3.51. The minimum atomic E-state index is 0.584. The van der Waals surface area contributed by atoms with Gasteiger partial charge in [-0.25, -0.2) is 15.0 Å². The van der Waals surface area contributed by atoms with E-state index in [4.69, 9.17) is 9.47 Å². The van der Waals surface area contributed by atoms with Crippen molar-refractivity contribution in [1.29, 1.82) is 0 Å². The molecule has 7 heteroatoms. The summed E-state index contributed by atoms with van der Waals surface area (Å²) in [6, 6.07) is 16.9. The minimum absolute atomic E-state index is 0.584. The largest absolute Gasteiger partial charge is 0.494 e. The van der Waals surface area contributed by atoms with Crippen LogP contribution in [0.1, 0.15) is 17.0 Å². The first-order valence-corrected chi connectivity index (χ1v) is 11.4. The fraction of sp³-hybridized carbons (Fsp3) is 0.222. The second-order valence-corrected chi connectivity index (χ2v) is 8.66. The quantitative estimate of drug-likeness (QED) is 0.406.